The zero-order chi connectivity index (χ0) is 20.0. The number of hydrogen-bond donors (Lipinski definition) is 2. The third kappa shape index (κ3) is 2.89. The first-order valence-corrected chi connectivity index (χ1v) is 9.69. The van der Waals surface area contributed by atoms with E-state index in [4.69, 9.17) is 0 Å². The van der Waals surface area contributed by atoms with E-state index in [1.54, 1.807) is 4.52 Å². The highest BCUT2D eigenvalue weighted by Gasteiger charge is 2.48. The Morgan fingerprint density at radius 2 is 1.90 bits per heavy atom. The van der Waals surface area contributed by atoms with Gasteiger partial charge in [-0.15, -0.1) is 0 Å². The summed E-state index contributed by atoms with van der Waals surface area (Å²) in [4.78, 5) is 35.0. The summed E-state index contributed by atoms with van der Waals surface area (Å²) >= 11 is 0. The van der Waals surface area contributed by atoms with Crippen molar-refractivity contribution >= 4 is 23.5 Å². The molecule has 0 saturated carbocycles. The maximum absolute atomic E-state index is 12.3. The average Bonchev–Trinajstić information content (AvgIpc) is 3.32. The lowest BCUT2D eigenvalue weighted by atomic mass is 9.79. The zero-order valence-corrected chi connectivity index (χ0v) is 16.0. The maximum atomic E-state index is 12.3. The second kappa shape index (κ2) is 6.54. The summed E-state index contributed by atoms with van der Waals surface area (Å²) in [6, 6.07) is 11.6. The molecule has 1 aromatic carbocycles. The number of fused-ring (bicyclic) bond motifs is 1. The van der Waals surface area contributed by atoms with Gasteiger partial charge in [0.05, 0.1) is 5.69 Å². The van der Waals surface area contributed by atoms with E-state index in [1.807, 2.05) is 43.3 Å². The Balaban J connectivity index is 1.43. The number of rotatable bonds is 3. The number of aromatic nitrogens is 4. The fraction of sp³-hybridized carbons (Fsp3) is 0.350. The topological polar surface area (TPSA) is 105 Å². The lowest BCUT2D eigenvalue weighted by Crippen LogP contribution is -2.54. The number of imide groups is 1. The third-order valence-corrected chi connectivity index (χ3v) is 6.01. The van der Waals surface area contributed by atoms with Crippen molar-refractivity contribution in [1.82, 2.24) is 30.2 Å². The first kappa shape index (κ1) is 17.6. The Hall–Kier alpha value is -3.49. The summed E-state index contributed by atoms with van der Waals surface area (Å²) in [5, 5.41) is 9.51. The Kier molecular flexibility index (Phi) is 3.97. The molecule has 29 heavy (non-hydrogen) atoms. The van der Waals surface area contributed by atoms with E-state index >= 15 is 0 Å². The third-order valence-electron chi connectivity index (χ3n) is 6.01. The van der Waals surface area contributed by atoms with Gasteiger partial charge in [-0.3, -0.25) is 10.1 Å². The van der Waals surface area contributed by atoms with Gasteiger partial charge in [-0.25, -0.2) is 9.78 Å². The molecule has 9 heteroatoms. The van der Waals surface area contributed by atoms with Crippen LogP contribution in [0.3, 0.4) is 0 Å². The maximum Gasteiger partial charge on any atom is 0.322 e. The molecule has 3 aromatic rings. The number of urea groups is 1. The molecule has 0 aliphatic carbocycles. The number of benzene rings is 1. The van der Waals surface area contributed by atoms with E-state index in [0.29, 0.717) is 5.78 Å². The molecule has 0 spiro atoms. The SMILES string of the molecule is CC1(C2CCN(c3cc(-c4ccccc4)nc4ncnn34)CC2)NC(=O)NC1=O. The van der Waals surface area contributed by atoms with Crippen LogP contribution in [0.5, 0.6) is 0 Å². The molecule has 148 valence electrons. The predicted octanol–water partition coefficient (Wildman–Crippen LogP) is 1.61. The van der Waals surface area contributed by atoms with Crippen LogP contribution in [0.25, 0.3) is 17.0 Å². The molecule has 2 aromatic heterocycles. The second-order valence-electron chi connectivity index (χ2n) is 7.71. The van der Waals surface area contributed by atoms with Gasteiger partial charge in [0.15, 0.2) is 0 Å². The largest absolute Gasteiger partial charge is 0.356 e. The minimum absolute atomic E-state index is 0.0758. The smallest absolute Gasteiger partial charge is 0.322 e. The number of hydrogen-bond acceptors (Lipinski definition) is 6. The molecule has 5 rings (SSSR count). The molecular weight excluding hydrogens is 370 g/mol. The van der Waals surface area contributed by atoms with Gasteiger partial charge in [0, 0.05) is 24.7 Å². The highest BCUT2D eigenvalue weighted by atomic mass is 16.2. The zero-order valence-electron chi connectivity index (χ0n) is 16.0. The van der Waals surface area contributed by atoms with Crippen LogP contribution >= 0.6 is 0 Å². The van der Waals surface area contributed by atoms with E-state index in [1.165, 1.54) is 6.33 Å². The van der Waals surface area contributed by atoms with Crippen LogP contribution in [-0.4, -0.2) is 50.1 Å². The number of amides is 3. The van der Waals surface area contributed by atoms with Gasteiger partial charge in [-0.05, 0) is 25.7 Å². The van der Waals surface area contributed by atoms with Crippen LogP contribution in [0.2, 0.25) is 0 Å². The number of anilines is 1. The highest BCUT2D eigenvalue weighted by Crippen LogP contribution is 2.33. The van der Waals surface area contributed by atoms with Crippen LogP contribution in [0, 0.1) is 5.92 Å². The monoisotopic (exact) mass is 391 g/mol. The van der Waals surface area contributed by atoms with Crippen LogP contribution in [0.15, 0.2) is 42.7 Å². The van der Waals surface area contributed by atoms with E-state index in [2.05, 4.69) is 30.6 Å². The van der Waals surface area contributed by atoms with Gasteiger partial charge in [-0.1, -0.05) is 30.3 Å². The van der Waals surface area contributed by atoms with Crippen molar-refractivity contribution in [2.75, 3.05) is 18.0 Å². The summed E-state index contributed by atoms with van der Waals surface area (Å²) in [6.07, 6.45) is 3.07. The predicted molar refractivity (Wildman–Crippen MR) is 106 cm³/mol. The molecular formula is C20H21N7O2. The van der Waals surface area contributed by atoms with Crippen molar-refractivity contribution in [3.05, 3.63) is 42.7 Å². The van der Waals surface area contributed by atoms with Crippen molar-refractivity contribution in [2.45, 2.75) is 25.3 Å². The van der Waals surface area contributed by atoms with Crippen LogP contribution in [-0.2, 0) is 4.79 Å². The van der Waals surface area contributed by atoms with Crippen LogP contribution in [0.1, 0.15) is 19.8 Å². The molecule has 3 amide bonds. The molecule has 2 aliphatic heterocycles. The average molecular weight is 391 g/mol. The first-order valence-electron chi connectivity index (χ1n) is 9.69. The van der Waals surface area contributed by atoms with Crippen molar-refractivity contribution in [1.29, 1.82) is 0 Å². The summed E-state index contributed by atoms with van der Waals surface area (Å²) in [7, 11) is 0. The molecule has 2 N–H and O–H groups in total. The Bertz CT molecular complexity index is 1090. The molecule has 2 saturated heterocycles. The summed E-state index contributed by atoms with van der Waals surface area (Å²) in [5.41, 5.74) is 1.02. The molecule has 1 atom stereocenters. The fourth-order valence-corrected chi connectivity index (χ4v) is 4.31. The van der Waals surface area contributed by atoms with Crippen LogP contribution < -0.4 is 15.5 Å². The Labute approximate surface area is 167 Å². The van der Waals surface area contributed by atoms with Crippen molar-refractivity contribution in [2.24, 2.45) is 5.92 Å². The lowest BCUT2D eigenvalue weighted by molar-refractivity contribution is -0.125. The molecule has 2 aliphatic rings. The molecule has 1 unspecified atom stereocenters. The Morgan fingerprint density at radius 3 is 2.59 bits per heavy atom. The van der Waals surface area contributed by atoms with E-state index in [-0.39, 0.29) is 11.8 Å². The van der Waals surface area contributed by atoms with Crippen molar-refractivity contribution in [3.63, 3.8) is 0 Å². The lowest BCUT2D eigenvalue weighted by Gasteiger charge is -2.39. The quantitative estimate of drug-likeness (QED) is 0.657. The normalized spacial score (nSPS) is 22.7. The number of nitrogens with zero attached hydrogens (tertiary/aromatic N) is 5. The number of piperidine rings is 1. The van der Waals surface area contributed by atoms with Gasteiger partial charge < -0.3 is 10.2 Å². The van der Waals surface area contributed by atoms with Gasteiger partial charge >= 0.3 is 6.03 Å². The minimum atomic E-state index is -0.848. The van der Waals surface area contributed by atoms with Gasteiger partial charge in [0.2, 0.25) is 0 Å². The summed E-state index contributed by atoms with van der Waals surface area (Å²) in [5.74, 6) is 1.31. The highest BCUT2D eigenvalue weighted by molar-refractivity contribution is 6.07. The van der Waals surface area contributed by atoms with Crippen molar-refractivity contribution in [3.8, 4) is 11.3 Å². The van der Waals surface area contributed by atoms with Crippen LogP contribution in [0.4, 0.5) is 10.6 Å². The van der Waals surface area contributed by atoms with Gasteiger partial charge in [0.1, 0.15) is 17.7 Å². The fourth-order valence-electron chi connectivity index (χ4n) is 4.31. The standard InChI is InChI=1S/C20H21N7O2/c1-20(17(28)24-19(29)25-20)14-7-9-26(10-8-14)16-11-15(13-5-3-2-4-6-13)23-18-21-12-22-27(16)18/h2-6,11-12,14H,7-10H2,1H3,(H2,24,25,28,29). The van der Waals surface area contributed by atoms with Gasteiger partial charge in [0.25, 0.3) is 11.7 Å². The van der Waals surface area contributed by atoms with Gasteiger partial charge in [-0.2, -0.15) is 14.6 Å². The summed E-state index contributed by atoms with van der Waals surface area (Å²) < 4.78 is 1.75. The molecule has 9 nitrogen and oxygen atoms in total. The molecule has 4 heterocycles. The minimum Gasteiger partial charge on any atom is -0.356 e. The van der Waals surface area contributed by atoms with Crippen molar-refractivity contribution < 1.29 is 9.59 Å². The molecule has 2 fully saturated rings. The Morgan fingerprint density at radius 1 is 1.14 bits per heavy atom. The van der Waals surface area contributed by atoms with E-state index in [9.17, 15) is 9.59 Å². The second-order valence-corrected chi connectivity index (χ2v) is 7.71. The number of nitrogens with one attached hydrogen (secondary N) is 2. The molecule has 0 bridgehead atoms. The number of carbonyl (C=O) groups is 2. The molecule has 0 radical (unpaired) electrons. The number of carbonyl (C=O) groups excluding carboxylic acids is 2. The van der Waals surface area contributed by atoms with E-state index < -0.39 is 11.6 Å². The summed E-state index contributed by atoms with van der Waals surface area (Å²) in [6.45, 7) is 3.30. The van der Waals surface area contributed by atoms with E-state index in [0.717, 1.165) is 43.0 Å². The first-order chi connectivity index (χ1) is 14.0.